The van der Waals surface area contributed by atoms with Crippen LogP contribution in [-0.4, -0.2) is 25.5 Å². The molecule has 2 amide bonds. The second-order valence-corrected chi connectivity index (χ2v) is 7.30. The summed E-state index contributed by atoms with van der Waals surface area (Å²) >= 11 is 0. The van der Waals surface area contributed by atoms with Crippen LogP contribution in [0, 0.1) is 11.8 Å². The molecule has 144 valence electrons. The van der Waals surface area contributed by atoms with Crippen LogP contribution in [-0.2, 0) is 14.3 Å². The second-order valence-electron chi connectivity index (χ2n) is 7.30. The highest BCUT2D eigenvalue weighted by atomic mass is 16.5. The lowest BCUT2D eigenvalue weighted by atomic mass is 10.1. The van der Waals surface area contributed by atoms with E-state index >= 15 is 0 Å². The Morgan fingerprint density at radius 2 is 1.93 bits per heavy atom. The van der Waals surface area contributed by atoms with Gasteiger partial charge < -0.3 is 15.4 Å². The third-order valence-corrected chi connectivity index (χ3v) is 4.86. The van der Waals surface area contributed by atoms with Gasteiger partial charge in [-0.1, -0.05) is 42.5 Å². The molecule has 0 saturated heterocycles. The molecule has 2 aliphatic carbocycles. The molecule has 0 aromatic heterocycles. The van der Waals surface area contributed by atoms with E-state index in [4.69, 9.17) is 4.74 Å². The lowest BCUT2D eigenvalue weighted by Crippen LogP contribution is -2.38. The predicted octanol–water partition coefficient (Wildman–Crippen LogP) is 3.26. The van der Waals surface area contributed by atoms with Gasteiger partial charge in [0.15, 0.2) is 0 Å². The summed E-state index contributed by atoms with van der Waals surface area (Å²) in [4.78, 5) is 24.5. The van der Waals surface area contributed by atoms with E-state index in [0.717, 1.165) is 23.7 Å². The molecule has 2 aliphatic rings. The Morgan fingerprint density at radius 3 is 2.56 bits per heavy atom. The van der Waals surface area contributed by atoms with E-state index in [-0.39, 0.29) is 18.2 Å². The van der Waals surface area contributed by atoms with Crippen molar-refractivity contribution in [2.24, 2.45) is 11.8 Å². The molecule has 27 heavy (non-hydrogen) atoms. The maximum absolute atomic E-state index is 12.3. The number of hydrogen-bond acceptors (Lipinski definition) is 3. The zero-order valence-electron chi connectivity index (χ0n) is 15.8. The topological polar surface area (TPSA) is 67.4 Å². The van der Waals surface area contributed by atoms with Gasteiger partial charge in [0.1, 0.15) is 6.04 Å². The van der Waals surface area contributed by atoms with E-state index in [2.05, 4.69) is 10.6 Å². The molecule has 0 aliphatic heterocycles. The Kier molecular flexibility index (Phi) is 6.69. The number of nitrogens with one attached hydrogen (secondary N) is 2. The molecule has 3 rings (SSSR count). The summed E-state index contributed by atoms with van der Waals surface area (Å²) in [6.07, 6.45) is 10.8. The highest BCUT2D eigenvalue weighted by Crippen LogP contribution is 2.37. The molecule has 5 nitrogen and oxygen atoms in total. The first-order valence-corrected chi connectivity index (χ1v) is 9.71. The number of ether oxygens (including phenoxy) is 1. The number of rotatable bonds is 10. The standard InChI is InChI=1S/C22H28N2O3/c1-23-22(26)21(18-6-3-2-4-7-18)24-20(25)9-5-8-19(17-12-13-17)15-27-14-16-10-11-16/h2-8,15-17,21H,9-14H2,1H3,(H,23,26)(H,24,25)/b8-5-,19-15-. The van der Waals surface area contributed by atoms with Crippen molar-refractivity contribution in [1.82, 2.24) is 10.6 Å². The Morgan fingerprint density at radius 1 is 1.19 bits per heavy atom. The molecule has 2 N–H and O–H groups in total. The molecular weight excluding hydrogens is 340 g/mol. The van der Waals surface area contributed by atoms with Gasteiger partial charge in [0, 0.05) is 13.5 Å². The largest absolute Gasteiger partial charge is 0.501 e. The predicted molar refractivity (Wildman–Crippen MR) is 105 cm³/mol. The first kappa shape index (κ1) is 19.2. The van der Waals surface area contributed by atoms with Crippen molar-refractivity contribution < 1.29 is 14.3 Å². The van der Waals surface area contributed by atoms with Gasteiger partial charge in [-0.3, -0.25) is 9.59 Å². The average Bonchev–Trinajstić information content (AvgIpc) is 3.58. The SMILES string of the molecule is CNC(=O)C(NC(=O)C/C=C\C(=C\OCC1CC1)C1CC1)c1ccccc1. The van der Waals surface area contributed by atoms with Crippen LogP contribution < -0.4 is 10.6 Å². The summed E-state index contributed by atoms with van der Waals surface area (Å²) in [6.45, 7) is 0.801. The average molecular weight is 368 g/mol. The maximum Gasteiger partial charge on any atom is 0.246 e. The maximum atomic E-state index is 12.3. The second kappa shape index (κ2) is 9.40. The number of allylic oxidation sites excluding steroid dienone is 2. The highest BCUT2D eigenvalue weighted by Gasteiger charge is 2.26. The molecule has 0 heterocycles. The molecule has 1 unspecified atom stereocenters. The highest BCUT2D eigenvalue weighted by molar-refractivity contribution is 5.88. The van der Waals surface area contributed by atoms with Crippen molar-refractivity contribution in [3.8, 4) is 0 Å². The zero-order chi connectivity index (χ0) is 19.1. The van der Waals surface area contributed by atoms with E-state index in [1.54, 1.807) is 7.05 Å². The normalized spacial score (nSPS) is 18.2. The first-order valence-electron chi connectivity index (χ1n) is 9.71. The molecule has 5 heteroatoms. The number of likely N-dealkylation sites (N-methyl/N-ethyl adjacent to an activating group) is 1. The summed E-state index contributed by atoms with van der Waals surface area (Å²) < 4.78 is 5.68. The van der Waals surface area contributed by atoms with Crippen LogP contribution in [0.2, 0.25) is 0 Å². The lowest BCUT2D eigenvalue weighted by Gasteiger charge is -2.17. The van der Waals surface area contributed by atoms with Gasteiger partial charge in [0.05, 0.1) is 12.9 Å². The fourth-order valence-corrected chi connectivity index (χ4v) is 2.87. The molecule has 1 aromatic rings. The van der Waals surface area contributed by atoms with Gasteiger partial charge in [-0.15, -0.1) is 0 Å². The molecule has 0 radical (unpaired) electrons. The van der Waals surface area contributed by atoms with Crippen LogP contribution in [0.1, 0.15) is 43.7 Å². The minimum Gasteiger partial charge on any atom is -0.501 e. The van der Waals surface area contributed by atoms with Crippen LogP contribution in [0.25, 0.3) is 0 Å². The Hall–Kier alpha value is -2.56. The quantitative estimate of drug-likeness (QED) is 0.492. The van der Waals surface area contributed by atoms with Crippen molar-refractivity contribution in [2.75, 3.05) is 13.7 Å². The summed E-state index contributed by atoms with van der Waals surface area (Å²) in [5.41, 5.74) is 1.93. The smallest absolute Gasteiger partial charge is 0.246 e. The van der Waals surface area contributed by atoms with E-state index in [1.165, 1.54) is 25.7 Å². The number of benzene rings is 1. The van der Waals surface area contributed by atoms with Gasteiger partial charge in [-0.2, -0.15) is 0 Å². The van der Waals surface area contributed by atoms with Gasteiger partial charge in [-0.05, 0) is 48.7 Å². The van der Waals surface area contributed by atoms with E-state index < -0.39 is 6.04 Å². The van der Waals surface area contributed by atoms with Crippen molar-refractivity contribution >= 4 is 11.8 Å². The van der Waals surface area contributed by atoms with Crippen molar-refractivity contribution in [2.45, 2.75) is 38.1 Å². The van der Waals surface area contributed by atoms with Crippen LogP contribution in [0.5, 0.6) is 0 Å². The fourth-order valence-electron chi connectivity index (χ4n) is 2.87. The van der Waals surface area contributed by atoms with Crippen LogP contribution in [0.15, 0.2) is 54.3 Å². The number of hydrogen-bond donors (Lipinski definition) is 2. The van der Waals surface area contributed by atoms with Crippen molar-refractivity contribution in [3.05, 3.63) is 59.9 Å². The summed E-state index contributed by atoms with van der Waals surface area (Å²) in [6, 6.07) is 8.57. The molecule has 1 aromatic carbocycles. The third-order valence-electron chi connectivity index (χ3n) is 4.86. The Bertz CT molecular complexity index is 704. The molecule has 2 saturated carbocycles. The number of amides is 2. The van der Waals surface area contributed by atoms with E-state index in [9.17, 15) is 9.59 Å². The van der Waals surface area contributed by atoms with Gasteiger partial charge >= 0.3 is 0 Å². The minimum atomic E-state index is -0.683. The first-order chi connectivity index (χ1) is 13.2. The monoisotopic (exact) mass is 368 g/mol. The molecule has 2 fully saturated rings. The molecule has 0 bridgehead atoms. The Balaban J connectivity index is 1.53. The third kappa shape index (κ3) is 6.27. The Labute approximate surface area is 160 Å². The zero-order valence-corrected chi connectivity index (χ0v) is 15.8. The summed E-state index contributed by atoms with van der Waals surface area (Å²) in [5.74, 6) is 0.880. The molecular formula is C22H28N2O3. The van der Waals surface area contributed by atoms with Gasteiger partial charge in [0.25, 0.3) is 0 Å². The van der Waals surface area contributed by atoms with E-state index in [0.29, 0.717) is 5.92 Å². The van der Waals surface area contributed by atoms with Gasteiger partial charge in [0.2, 0.25) is 11.8 Å². The lowest BCUT2D eigenvalue weighted by molar-refractivity contribution is -0.128. The van der Waals surface area contributed by atoms with Crippen molar-refractivity contribution in [3.63, 3.8) is 0 Å². The van der Waals surface area contributed by atoms with E-state index in [1.807, 2.05) is 48.7 Å². The molecule has 1 atom stereocenters. The number of carbonyl (C=O) groups excluding carboxylic acids is 2. The minimum absolute atomic E-state index is 0.183. The fraction of sp³-hybridized carbons (Fsp3) is 0.455. The van der Waals surface area contributed by atoms with Crippen molar-refractivity contribution in [1.29, 1.82) is 0 Å². The van der Waals surface area contributed by atoms with Crippen LogP contribution in [0.3, 0.4) is 0 Å². The number of carbonyl (C=O) groups is 2. The van der Waals surface area contributed by atoms with Crippen LogP contribution in [0.4, 0.5) is 0 Å². The molecule has 0 spiro atoms. The summed E-state index contributed by atoms with van der Waals surface area (Å²) in [5, 5.41) is 5.42. The van der Waals surface area contributed by atoms with Gasteiger partial charge in [-0.25, -0.2) is 0 Å². The summed E-state index contributed by atoms with van der Waals surface area (Å²) in [7, 11) is 1.57. The van der Waals surface area contributed by atoms with Crippen LogP contribution >= 0.6 is 0 Å².